The molecule has 2 amide bonds. The van der Waals surface area contributed by atoms with Gasteiger partial charge in [-0.25, -0.2) is 0 Å². The number of phenols is 1. The second-order valence-corrected chi connectivity index (χ2v) is 6.94. The lowest BCUT2D eigenvalue weighted by molar-refractivity contribution is -0.136. The number of carbonyl (C=O) groups is 2. The summed E-state index contributed by atoms with van der Waals surface area (Å²) in [5, 5.41) is 23.8. The average Bonchev–Trinajstić information content (AvgIpc) is 2.75. The van der Waals surface area contributed by atoms with Crippen molar-refractivity contribution in [2.75, 3.05) is 5.32 Å². The fourth-order valence-corrected chi connectivity index (χ4v) is 2.95. The van der Waals surface area contributed by atoms with Gasteiger partial charge in [-0.15, -0.1) is 0 Å². The van der Waals surface area contributed by atoms with E-state index in [0.29, 0.717) is 29.2 Å². The molecule has 7 nitrogen and oxygen atoms in total. The van der Waals surface area contributed by atoms with Crippen molar-refractivity contribution in [3.63, 3.8) is 0 Å². The van der Waals surface area contributed by atoms with Gasteiger partial charge in [0.1, 0.15) is 23.3 Å². The van der Waals surface area contributed by atoms with Crippen LogP contribution in [0, 0.1) is 11.3 Å². The Morgan fingerprint density at radius 3 is 2.48 bits per heavy atom. The van der Waals surface area contributed by atoms with Crippen LogP contribution in [0.4, 0.5) is 5.69 Å². The third-order valence-corrected chi connectivity index (χ3v) is 4.38. The molecule has 31 heavy (non-hydrogen) atoms. The number of aromatic hydroxyl groups is 1. The molecule has 1 unspecified atom stereocenters. The topological polar surface area (TPSA) is 111 Å². The van der Waals surface area contributed by atoms with E-state index < -0.39 is 11.8 Å². The van der Waals surface area contributed by atoms with Crippen molar-refractivity contribution in [2.24, 2.45) is 0 Å². The van der Waals surface area contributed by atoms with E-state index in [2.05, 4.69) is 16.7 Å². The van der Waals surface area contributed by atoms with Gasteiger partial charge in [-0.1, -0.05) is 24.3 Å². The van der Waals surface area contributed by atoms with Gasteiger partial charge in [0, 0.05) is 11.7 Å². The Morgan fingerprint density at radius 2 is 1.77 bits per heavy atom. The van der Waals surface area contributed by atoms with E-state index in [-0.39, 0.29) is 11.8 Å². The Kier molecular flexibility index (Phi) is 6.86. The quantitative estimate of drug-likeness (QED) is 0.531. The van der Waals surface area contributed by atoms with Crippen molar-refractivity contribution in [2.45, 2.75) is 19.4 Å². The monoisotopic (exact) mass is 415 g/mol. The number of nitriles is 1. The van der Waals surface area contributed by atoms with Crippen LogP contribution in [0.25, 0.3) is 0 Å². The second-order valence-electron chi connectivity index (χ2n) is 6.94. The normalized spacial score (nSPS) is 11.1. The van der Waals surface area contributed by atoms with Crippen molar-refractivity contribution in [1.82, 2.24) is 5.32 Å². The van der Waals surface area contributed by atoms with E-state index in [1.54, 1.807) is 73.7 Å². The standard InChI is InChI=1S/C24H21N3O4/c1-16(13-17-5-4-7-20(28)14-17)26-23(29)24(30)27-19-9-11-21(12-10-19)31-22-8-3-2-6-18(22)15-25/h2-12,14,16,28H,13H2,1H3,(H,26,29)(H,27,30). The molecule has 3 aromatic rings. The maximum Gasteiger partial charge on any atom is 0.313 e. The minimum absolute atomic E-state index is 0.150. The predicted molar refractivity (Wildman–Crippen MR) is 116 cm³/mol. The number of amides is 2. The molecule has 0 saturated carbocycles. The molecule has 1 atom stereocenters. The van der Waals surface area contributed by atoms with Crippen molar-refractivity contribution in [3.05, 3.63) is 83.9 Å². The molecule has 0 aliphatic rings. The summed E-state index contributed by atoms with van der Waals surface area (Å²) >= 11 is 0. The molecule has 156 valence electrons. The molecule has 0 spiro atoms. The Bertz CT molecular complexity index is 1120. The number of benzene rings is 3. The second kappa shape index (κ2) is 9.94. The van der Waals surface area contributed by atoms with Crippen LogP contribution in [-0.4, -0.2) is 23.0 Å². The highest BCUT2D eigenvalue weighted by molar-refractivity contribution is 6.39. The molecule has 7 heteroatoms. The van der Waals surface area contributed by atoms with Gasteiger partial charge in [0.25, 0.3) is 0 Å². The van der Waals surface area contributed by atoms with Crippen LogP contribution in [-0.2, 0) is 16.0 Å². The molecule has 0 radical (unpaired) electrons. The van der Waals surface area contributed by atoms with Gasteiger partial charge in [0.15, 0.2) is 0 Å². The fraction of sp³-hybridized carbons (Fsp3) is 0.125. The van der Waals surface area contributed by atoms with Gasteiger partial charge >= 0.3 is 11.8 Å². The third-order valence-electron chi connectivity index (χ3n) is 4.38. The number of nitrogens with zero attached hydrogens (tertiary/aromatic N) is 1. The predicted octanol–water partition coefficient (Wildman–Crippen LogP) is 3.74. The highest BCUT2D eigenvalue weighted by Gasteiger charge is 2.17. The first-order valence-corrected chi connectivity index (χ1v) is 9.61. The average molecular weight is 415 g/mol. The van der Waals surface area contributed by atoms with Gasteiger partial charge in [-0.3, -0.25) is 9.59 Å². The van der Waals surface area contributed by atoms with Crippen molar-refractivity contribution in [3.8, 4) is 23.3 Å². The van der Waals surface area contributed by atoms with E-state index >= 15 is 0 Å². The number of para-hydroxylation sites is 1. The van der Waals surface area contributed by atoms with E-state index in [4.69, 9.17) is 10.00 Å². The lowest BCUT2D eigenvalue weighted by Crippen LogP contribution is -2.41. The van der Waals surface area contributed by atoms with Crippen LogP contribution in [0.2, 0.25) is 0 Å². The molecule has 3 rings (SSSR count). The molecule has 3 aromatic carbocycles. The van der Waals surface area contributed by atoms with E-state index in [1.807, 2.05) is 6.07 Å². The van der Waals surface area contributed by atoms with Crippen LogP contribution in [0.3, 0.4) is 0 Å². The first kappa shape index (κ1) is 21.4. The molecule has 0 fully saturated rings. The van der Waals surface area contributed by atoms with Crippen LogP contribution in [0.5, 0.6) is 17.2 Å². The lowest BCUT2D eigenvalue weighted by Gasteiger charge is -2.14. The molecule has 0 aromatic heterocycles. The Balaban J connectivity index is 1.53. The zero-order valence-corrected chi connectivity index (χ0v) is 16.8. The maximum absolute atomic E-state index is 12.2. The summed E-state index contributed by atoms with van der Waals surface area (Å²) in [6.45, 7) is 1.78. The van der Waals surface area contributed by atoms with Crippen LogP contribution >= 0.6 is 0 Å². The maximum atomic E-state index is 12.2. The Morgan fingerprint density at radius 1 is 1.03 bits per heavy atom. The summed E-state index contributed by atoms with van der Waals surface area (Å²) in [5.74, 6) is -0.466. The Hall–Kier alpha value is -4.31. The molecule has 0 aliphatic carbocycles. The molecule has 0 saturated heterocycles. The molecule has 0 aliphatic heterocycles. The van der Waals surface area contributed by atoms with Crippen molar-refractivity contribution >= 4 is 17.5 Å². The highest BCUT2D eigenvalue weighted by Crippen LogP contribution is 2.25. The Labute approximate surface area is 179 Å². The summed E-state index contributed by atoms with van der Waals surface area (Å²) < 4.78 is 5.69. The van der Waals surface area contributed by atoms with E-state index in [9.17, 15) is 14.7 Å². The third kappa shape index (κ3) is 6.08. The van der Waals surface area contributed by atoms with Crippen molar-refractivity contribution in [1.29, 1.82) is 5.26 Å². The van der Waals surface area contributed by atoms with Gasteiger partial charge < -0.3 is 20.5 Å². The van der Waals surface area contributed by atoms with Crippen LogP contribution in [0.1, 0.15) is 18.1 Å². The lowest BCUT2D eigenvalue weighted by atomic mass is 10.1. The van der Waals surface area contributed by atoms with E-state index in [1.165, 1.54) is 0 Å². The number of hydrogen-bond donors (Lipinski definition) is 3. The number of anilines is 1. The first-order chi connectivity index (χ1) is 14.9. The van der Waals surface area contributed by atoms with E-state index in [0.717, 1.165) is 5.56 Å². The number of ether oxygens (including phenoxy) is 1. The van der Waals surface area contributed by atoms with Gasteiger partial charge in [0.2, 0.25) is 0 Å². The number of phenolic OH excluding ortho intramolecular Hbond substituents is 1. The minimum Gasteiger partial charge on any atom is -0.508 e. The molecule has 0 heterocycles. The summed E-state index contributed by atoms with van der Waals surface area (Å²) in [6.07, 6.45) is 0.476. The molecule has 3 N–H and O–H groups in total. The fourth-order valence-electron chi connectivity index (χ4n) is 2.95. The number of rotatable bonds is 6. The van der Waals surface area contributed by atoms with Crippen molar-refractivity contribution < 1.29 is 19.4 Å². The van der Waals surface area contributed by atoms with Gasteiger partial charge in [-0.2, -0.15) is 5.26 Å². The van der Waals surface area contributed by atoms with Crippen LogP contribution in [0.15, 0.2) is 72.8 Å². The number of hydrogen-bond acceptors (Lipinski definition) is 5. The number of nitrogens with one attached hydrogen (secondary N) is 2. The SMILES string of the molecule is CC(Cc1cccc(O)c1)NC(=O)C(=O)Nc1ccc(Oc2ccccc2C#N)cc1. The van der Waals surface area contributed by atoms with Crippen LogP contribution < -0.4 is 15.4 Å². The van der Waals surface area contributed by atoms with Gasteiger partial charge in [0.05, 0.1) is 5.56 Å². The first-order valence-electron chi connectivity index (χ1n) is 9.61. The largest absolute Gasteiger partial charge is 0.508 e. The molecular formula is C24H21N3O4. The summed E-state index contributed by atoms with van der Waals surface area (Å²) in [5.41, 5.74) is 1.69. The summed E-state index contributed by atoms with van der Waals surface area (Å²) in [6, 6.07) is 21.8. The minimum atomic E-state index is -0.786. The molecule has 0 bridgehead atoms. The summed E-state index contributed by atoms with van der Waals surface area (Å²) in [7, 11) is 0. The zero-order chi connectivity index (χ0) is 22.2. The number of carbonyl (C=O) groups excluding carboxylic acids is 2. The summed E-state index contributed by atoms with van der Waals surface area (Å²) in [4.78, 5) is 24.3. The highest BCUT2D eigenvalue weighted by atomic mass is 16.5. The smallest absolute Gasteiger partial charge is 0.313 e. The zero-order valence-electron chi connectivity index (χ0n) is 16.8. The molecular weight excluding hydrogens is 394 g/mol. The van der Waals surface area contributed by atoms with Gasteiger partial charge in [-0.05, 0) is 67.4 Å².